The molecule has 1 N–H and O–H groups in total. The third-order valence-electron chi connectivity index (χ3n) is 2.38. The van der Waals surface area contributed by atoms with Crippen molar-refractivity contribution >= 4 is 5.97 Å². The van der Waals surface area contributed by atoms with E-state index in [-0.39, 0.29) is 6.61 Å². The fraction of sp³-hybridized carbons (Fsp3) is 0.400. The Bertz CT molecular complexity index is 547. The van der Waals surface area contributed by atoms with E-state index in [2.05, 4.69) is 15.4 Å². The number of nitrogens with zero attached hydrogens (tertiary/aromatic N) is 5. The summed E-state index contributed by atoms with van der Waals surface area (Å²) >= 11 is 0. The molecule has 1 atom stereocenters. The molecule has 0 bridgehead atoms. The fourth-order valence-electron chi connectivity index (χ4n) is 1.31. The summed E-state index contributed by atoms with van der Waals surface area (Å²) in [5.74, 6) is -0.335. The number of rotatable bonds is 5. The predicted octanol–water partition coefficient (Wildman–Crippen LogP) is 0.236. The predicted molar refractivity (Wildman–Crippen MR) is 59.9 cm³/mol. The van der Waals surface area contributed by atoms with E-state index >= 15 is 0 Å². The van der Waals surface area contributed by atoms with Crippen molar-refractivity contribution in [1.82, 2.24) is 24.8 Å². The minimum atomic E-state index is -0.959. The number of hydrogen-bond donors (Lipinski definition) is 1. The van der Waals surface area contributed by atoms with E-state index in [1.807, 2.05) is 0 Å². The molecule has 8 heteroatoms. The molecule has 0 saturated carbocycles. The standard InChI is InChI=1S/C10H13N5O3/c1-7(10(16)17)15-4-8(12-13-15)6-18-9-3-11-14(2)5-9/h3-5,7H,6H2,1-2H3,(H,16,17). The summed E-state index contributed by atoms with van der Waals surface area (Å²) in [6.45, 7) is 1.75. The summed E-state index contributed by atoms with van der Waals surface area (Å²) in [5.41, 5.74) is 0.562. The largest absolute Gasteiger partial charge is 0.484 e. The van der Waals surface area contributed by atoms with Crippen LogP contribution in [0.2, 0.25) is 0 Å². The maximum Gasteiger partial charge on any atom is 0.328 e. The van der Waals surface area contributed by atoms with Crippen LogP contribution >= 0.6 is 0 Å². The van der Waals surface area contributed by atoms with Crippen molar-refractivity contribution in [3.8, 4) is 5.75 Å². The Morgan fingerprint density at radius 1 is 1.56 bits per heavy atom. The number of carboxylic acids is 1. The molecular formula is C10H13N5O3. The van der Waals surface area contributed by atoms with Gasteiger partial charge in [-0.1, -0.05) is 5.21 Å². The minimum absolute atomic E-state index is 0.220. The first kappa shape index (κ1) is 12.1. The molecule has 8 nitrogen and oxygen atoms in total. The Morgan fingerprint density at radius 2 is 2.33 bits per heavy atom. The summed E-state index contributed by atoms with van der Waals surface area (Å²) in [4.78, 5) is 10.8. The molecule has 0 fully saturated rings. The summed E-state index contributed by atoms with van der Waals surface area (Å²) < 4.78 is 8.33. The van der Waals surface area contributed by atoms with Crippen molar-refractivity contribution in [2.45, 2.75) is 19.6 Å². The van der Waals surface area contributed by atoms with Crippen LogP contribution in [0.15, 0.2) is 18.6 Å². The lowest BCUT2D eigenvalue weighted by atomic mass is 10.3. The Kier molecular flexibility index (Phi) is 3.26. The van der Waals surface area contributed by atoms with Crippen LogP contribution in [-0.4, -0.2) is 35.9 Å². The zero-order valence-corrected chi connectivity index (χ0v) is 10.0. The molecule has 1 unspecified atom stereocenters. The lowest BCUT2D eigenvalue weighted by Gasteiger charge is -2.03. The highest BCUT2D eigenvalue weighted by molar-refractivity contribution is 5.71. The van der Waals surface area contributed by atoms with Gasteiger partial charge in [0, 0.05) is 7.05 Å². The number of hydrogen-bond acceptors (Lipinski definition) is 5. The van der Waals surface area contributed by atoms with E-state index in [0.717, 1.165) is 0 Å². The molecule has 18 heavy (non-hydrogen) atoms. The van der Waals surface area contributed by atoms with Crippen LogP contribution in [0.25, 0.3) is 0 Å². The van der Waals surface area contributed by atoms with Crippen LogP contribution in [0, 0.1) is 0 Å². The van der Waals surface area contributed by atoms with Crippen molar-refractivity contribution in [1.29, 1.82) is 0 Å². The molecule has 0 radical (unpaired) electrons. The molecule has 2 aromatic heterocycles. The third kappa shape index (κ3) is 2.65. The Labute approximate surface area is 103 Å². The van der Waals surface area contributed by atoms with Gasteiger partial charge in [-0.05, 0) is 6.92 Å². The van der Waals surface area contributed by atoms with E-state index in [0.29, 0.717) is 11.4 Å². The van der Waals surface area contributed by atoms with Crippen LogP contribution in [0.3, 0.4) is 0 Å². The number of carboxylic acid groups (broad SMARTS) is 1. The van der Waals surface area contributed by atoms with Gasteiger partial charge >= 0.3 is 5.97 Å². The van der Waals surface area contributed by atoms with Crippen molar-refractivity contribution < 1.29 is 14.6 Å². The van der Waals surface area contributed by atoms with Gasteiger partial charge in [-0.15, -0.1) is 5.10 Å². The second kappa shape index (κ2) is 4.86. The normalized spacial score (nSPS) is 12.3. The molecule has 0 aliphatic rings. The summed E-state index contributed by atoms with van der Waals surface area (Å²) in [7, 11) is 1.79. The van der Waals surface area contributed by atoms with Crippen LogP contribution in [0.4, 0.5) is 0 Å². The fourth-order valence-corrected chi connectivity index (χ4v) is 1.31. The van der Waals surface area contributed by atoms with Gasteiger partial charge in [0.05, 0.1) is 18.6 Å². The van der Waals surface area contributed by atoms with Gasteiger partial charge in [0.2, 0.25) is 0 Å². The number of aryl methyl sites for hydroxylation is 1. The molecule has 2 aromatic rings. The van der Waals surface area contributed by atoms with E-state index in [9.17, 15) is 4.79 Å². The molecule has 2 heterocycles. The van der Waals surface area contributed by atoms with Crippen molar-refractivity contribution in [3.05, 3.63) is 24.3 Å². The average Bonchev–Trinajstić information content (AvgIpc) is 2.94. The number of aromatic nitrogens is 5. The van der Waals surface area contributed by atoms with E-state index in [1.165, 1.54) is 11.6 Å². The molecule has 0 aromatic carbocycles. The van der Waals surface area contributed by atoms with Gasteiger partial charge in [-0.2, -0.15) is 5.10 Å². The first-order chi connectivity index (χ1) is 8.56. The highest BCUT2D eigenvalue weighted by Crippen LogP contribution is 2.10. The second-order valence-electron chi connectivity index (χ2n) is 3.84. The summed E-state index contributed by atoms with van der Waals surface area (Å²) in [5, 5.41) is 20.4. The highest BCUT2D eigenvalue weighted by atomic mass is 16.5. The molecular weight excluding hydrogens is 238 g/mol. The topological polar surface area (TPSA) is 95.1 Å². The zero-order chi connectivity index (χ0) is 13.1. The first-order valence-corrected chi connectivity index (χ1v) is 5.31. The van der Waals surface area contributed by atoms with Crippen molar-refractivity contribution in [2.75, 3.05) is 0 Å². The molecule has 2 rings (SSSR count). The maximum atomic E-state index is 10.8. The van der Waals surface area contributed by atoms with Crippen molar-refractivity contribution in [3.63, 3.8) is 0 Å². The monoisotopic (exact) mass is 251 g/mol. The highest BCUT2D eigenvalue weighted by Gasteiger charge is 2.15. The molecule has 0 aliphatic heterocycles. The third-order valence-corrected chi connectivity index (χ3v) is 2.38. The lowest BCUT2D eigenvalue weighted by Crippen LogP contribution is -2.15. The van der Waals surface area contributed by atoms with Crippen LogP contribution < -0.4 is 4.74 Å². The zero-order valence-electron chi connectivity index (χ0n) is 10.0. The van der Waals surface area contributed by atoms with E-state index in [4.69, 9.17) is 9.84 Å². The maximum absolute atomic E-state index is 10.8. The van der Waals surface area contributed by atoms with E-state index < -0.39 is 12.0 Å². The summed E-state index contributed by atoms with van der Waals surface area (Å²) in [6, 6.07) is -0.746. The van der Waals surface area contributed by atoms with Gasteiger partial charge in [-0.25, -0.2) is 9.48 Å². The van der Waals surface area contributed by atoms with Gasteiger partial charge in [0.1, 0.15) is 18.3 Å². The molecule has 0 aliphatic carbocycles. The smallest absolute Gasteiger partial charge is 0.328 e. The lowest BCUT2D eigenvalue weighted by molar-refractivity contribution is -0.140. The van der Waals surface area contributed by atoms with Crippen LogP contribution in [0.5, 0.6) is 5.75 Å². The summed E-state index contributed by atoms with van der Waals surface area (Å²) in [6.07, 6.45) is 4.86. The van der Waals surface area contributed by atoms with Gasteiger partial charge in [0.25, 0.3) is 0 Å². The Hall–Kier alpha value is -2.38. The van der Waals surface area contributed by atoms with Gasteiger partial charge < -0.3 is 9.84 Å². The van der Waals surface area contributed by atoms with Crippen LogP contribution in [-0.2, 0) is 18.4 Å². The molecule has 96 valence electrons. The molecule has 0 spiro atoms. The van der Waals surface area contributed by atoms with E-state index in [1.54, 1.807) is 30.3 Å². The number of carbonyl (C=O) groups is 1. The first-order valence-electron chi connectivity index (χ1n) is 5.31. The quantitative estimate of drug-likeness (QED) is 0.817. The SMILES string of the molecule is CC(C(=O)O)n1cc(COc2cnn(C)c2)nn1. The van der Waals surface area contributed by atoms with Crippen molar-refractivity contribution in [2.24, 2.45) is 7.05 Å². The van der Waals surface area contributed by atoms with Gasteiger partial charge in [-0.3, -0.25) is 4.68 Å². The Morgan fingerprint density at radius 3 is 2.94 bits per heavy atom. The number of aliphatic carboxylic acids is 1. The molecule has 0 amide bonds. The average molecular weight is 251 g/mol. The minimum Gasteiger partial charge on any atom is -0.484 e. The molecule has 0 saturated heterocycles. The van der Waals surface area contributed by atoms with Gasteiger partial charge in [0.15, 0.2) is 5.75 Å². The second-order valence-corrected chi connectivity index (χ2v) is 3.84. The Balaban J connectivity index is 1.96. The van der Waals surface area contributed by atoms with Crippen LogP contribution in [0.1, 0.15) is 18.7 Å². The number of ether oxygens (including phenoxy) is 1.